The van der Waals surface area contributed by atoms with Gasteiger partial charge in [-0.1, -0.05) is 6.92 Å². The molecule has 0 aromatic rings. The summed E-state index contributed by atoms with van der Waals surface area (Å²) in [6.45, 7) is 4.11. The number of nitrogens with one attached hydrogen (secondary N) is 1. The van der Waals surface area contributed by atoms with Gasteiger partial charge in [0, 0.05) is 26.0 Å². The molecule has 1 heterocycles. The lowest BCUT2D eigenvalue weighted by atomic mass is 10.0. The van der Waals surface area contributed by atoms with Gasteiger partial charge in [0.1, 0.15) is 0 Å². The van der Waals surface area contributed by atoms with E-state index in [1.165, 1.54) is 7.11 Å². The quantitative estimate of drug-likeness (QED) is 0.724. The van der Waals surface area contributed by atoms with Gasteiger partial charge in [-0.2, -0.15) is 0 Å². The average molecular weight is 257 g/mol. The van der Waals surface area contributed by atoms with Crippen molar-refractivity contribution in [1.82, 2.24) is 5.32 Å². The third kappa shape index (κ3) is 6.00. The lowest BCUT2D eigenvalue weighted by Gasteiger charge is -2.22. The monoisotopic (exact) mass is 257 g/mol. The fourth-order valence-electron chi connectivity index (χ4n) is 2.06. The van der Waals surface area contributed by atoms with Gasteiger partial charge in [-0.25, -0.2) is 0 Å². The van der Waals surface area contributed by atoms with Gasteiger partial charge < -0.3 is 14.8 Å². The molecule has 0 aliphatic carbocycles. The lowest BCUT2D eigenvalue weighted by molar-refractivity contribution is -0.141. The van der Waals surface area contributed by atoms with E-state index >= 15 is 0 Å². The minimum atomic E-state index is -0.268. The van der Waals surface area contributed by atoms with Crippen molar-refractivity contribution in [2.75, 3.05) is 26.9 Å². The van der Waals surface area contributed by atoms with Crippen LogP contribution in [-0.4, -0.2) is 38.7 Å². The summed E-state index contributed by atoms with van der Waals surface area (Å²) in [6.07, 6.45) is 2.83. The van der Waals surface area contributed by atoms with Crippen LogP contribution < -0.4 is 5.32 Å². The maximum Gasteiger partial charge on any atom is 0.305 e. The van der Waals surface area contributed by atoms with Crippen LogP contribution in [0.15, 0.2) is 0 Å². The van der Waals surface area contributed by atoms with Crippen LogP contribution in [0, 0.1) is 11.8 Å². The predicted octanol–water partition coefficient (Wildman–Crippen LogP) is 1.12. The molecule has 1 saturated heterocycles. The Balaban J connectivity index is 2.14. The first kappa shape index (κ1) is 15.0. The van der Waals surface area contributed by atoms with E-state index in [1.807, 2.05) is 6.92 Å². The summed E-state index contributed by atoms with van der Waals surface area (Å²) < 4.78 is 9.92. The number of carbonyl (C=O) groups excluding carboxylic acids is 2. The SMILES string of the molecule is COC(=O)C[C@@H](C)CC(=O)NC[C@H]1CCCOC1. The number of hydrogen-bond donors (Lipinski definition) is 1. The van der Waals surface area contributed by atoms with Crippen molar-refractivity contribution < 1.29 is 19.1 Å². The molecule has 0 bridgehead atoms. The summed E-state index contributed by atoms with van der Waals surface area (Å²) in [6, 6.07) is 0. The van der Waals surface area contributed by atoms with E-state index in [-0.39, 0.29) is 24.2 Å². The highest BCUT2D eigenvalue weighted by atomic mass is 16.5. The molecule has 1 amide bonds. The minimum Gasteiger partial charge on any atom is -0.469 e. The molecule has 1 N–H and O–H groups in total. The first-order valence-electron chi connectivity index (χ1n) is 6.53. The van der Waals surface area contributed by atoms with E-state index in [1.54, 1.807) is 0 Å². The topological polar surface area (TPSA) is 64.6 Å². The number of ether oxygens (including phenoxy) is 2. The van der Waals surface area contributed by atoms with Gasteiger partial charge in [0.15, 0.2) is 0 Å². The Kier molecular flexibility index (Phi) is 6.72. The number of esters is 1. The second-order valence-electron chi connectivity index (χ2n) is 4.98. The third-order valence-corrected chi connectivity index (χ3v) is 3.12. The van der Waals surface area contributed by atoms with Crippen LogP contribution in [0.4, 0.5) is 0 Å². The zero-order valence-electron chi connectivity index (χ0n) is 11.2. The molecule has 1 aliphatic rings. The Labute approximate surface area is 108 Å². The third-order valence-electron chi connectivity index (χ3n) is 3.12. The first-order chi connectivity index (χ1) is 8.61. The molecule has 0 radical (unpaired) electrons. The second-order valence-corrected chi connectivity index (χ2v) is 4.98. The Morgan fingerprint density at radius 2 is 2.22 bits per heavy atom. The molecule has 2 atom stereocenters. The van der Waals surface area contributed by atoms with Crippen molar-refractivity contribution in [3.8, 4) is 0 Å². The van der Waals surface area contributed by atoms with E-state index in [2.05, 4.69) is 10.1 Å². The highest BCUT2D eigenvalue weighted by Gasteiger charge is 2.17. The largest absolute Gasteiger partial charge is 0.469 e. The van der Waals surface area contributed by atoms with Crippen LogP contribution in [0.1, 0.15) is 32.6 Å². The average Bonchev–Trinajstić information content (AvgIpc) is 2.37. The van der Waals surface area contributed by atoms with Gasteiger partial charge in [-0.3, -0.25) is 9.59 Å². The van der Waals surface area contributed by atoms with Gasteiger partial charge in [0.2, 0.25) is 5.91 Å². The Hall–Kier alpha value is -1.10. The number of hydrogen-bond acceptors (Lipinski definition) is 4. The van der Waals surface area contributed by atoms with Gasteiger partial charge in [0.25, 0.3) is 0 Å². The number of amides is 1. The number of carbonyl (C=O) groups is 2. The van der Waals surface area contributed by atoms with Crippen LogP contribution in [-0.2, 0) is 19.1 Å². The number of methoxy groups -OCH3 is 1. The molecular weight excluding hydrogens is 234 g/mol. The van der Waals surface area contributed by atoms with E-state index in [4.69, 9.17) is 4.74 Å². The fraction of sp³-hybridized carbons (Fsp3) is 0.846. The normalized spacial score (nSPS) is 21.1. The van der Waals surface area contributed by atoms with Crippen LogP contribution in [0.3, 0.4) is 0 Å². The van der Waals surface area contributed by atoms with Gasteiger partial charge in [-0.15, -0.1) is 0 Å². The molecule has 1 fully saturated rings. The van der Waals surface area contributed by atoms with E-state index < -0.39 is 0 Å². The smallest absolute Gasteiger partial charge is 0.305 e. The van der Waals surface area contributed by atoms with Crippen molar-refractivity contribution in [3.63, 3.8) is 0 Å². The van der Waals surface area contributed by atoms with Crippen LogP contribution in [0.2, 0.25) is 0 Å². The summed E-state index contributed by atoms with van der Waals surface area (Å²) >= 11 is 0. The van der Waals surface area contributed by atoms with Gasteiger partial charge >= 0.3 is 5.97 Å². The summed E-state index contributed by atoms with van der Waals surface area (Å²) in [5, 5.41) is 2.90. The molecule has 0 unspecified atom stereocenters. The van der Waals surface area contributed by atoms with E-state index in [0.29, 0.717) is 18.9 Å². The van der Waals surface area contributed by atoms with Gasteiger partial charge in [-0.05, 0) is 24.7 Å². The zero-order chi connectivity index (χ0) is 13.4. The maximum atomic E-state index is 11.7. The highest BCUT2D eigenvalue weighted by molar-refractivity contribution is 5.77. The van der Waals surface area contributed by atoms with E-state index in [0.717, 1.165) is 26.1 Å². The molecule has 0 saturated carbocycles. The highest BCUT2D eigenvalue weighted by Crippen LogP contribution is 2.13. The van der Waals surface area contributed by atoms with E-state index in [9.17, 15) is 9.59 Å². The molecule has 5 heteroatoms. The lowest BCUT2D eigenvalue weighted by Crippen LogP contribution is -2.34. The first-order valence-corrected chi connectivity index (χ1v) is 6.53. The molecule has 1 aliphatic heterocycles. The fourth-order valence-corrected chi connectivity index (χ4v) is 2.06. The summed E-state index contributed by atoms with van der Waals surface area (Å²) in [5.74, 6) is 0.173. The molecule has 5 nitrogen and oxygen atoms in total. The van der Waals surface area contributed by atoms with Crippen molar-refractivity contribution in [1.29, 1.82) is 0 Å². The molecule has 104 valence electrons. The van der Waals surface area contributed by atoms with Crippen molar-refractivity contribution in [3.05, 3.63) is 0 Å². The van der Waals surface area contributed by atoms with Crippen molar-refractivity contribution in [2.24, 2.45) is 11.8 Å². The zero-order valence-corrected chi connectivity index (χ0v) is 11.2. The Bertz CT molecular complexity index is 274. The van der Waals surface area contributed by atoms with Crippen molar-refractivity contribution in [2.45, 2.75) is 32.6 Å². The Morgan fingerprint density at radius 1 is 1.44 bits per heavy atom. The van der Waals surface area contributed by atoms with Crippen LogP contribution in [0.5, 0.6) is 0 Å². The molecule has 0 aromatic carbocycles. The minimum absolute atomic E-state index is 0.00280. The molecule has 1 rings (SSSR count). The molecular formula is C13H23NO4. The Morgan fingerprint density at radius 3 is 2.83 bits per heavy atom. The summed E-state index contributed by atoms with van der Waals surface area (Å²) in [7, 11) is 1.36. The standard InChI is InChI=1S/C13H23NO4/c1-10(7-13(16)17-2)6-12(15)14-8-11-4-3-5-18-9-11/h10-11H,3-9H2,1-2H3,(H,14,15)/t10-,11+/m0/s1. The summed E-state index contributed by atoms with van der Waals surface area (Å²) in [5.41, 5.74) is 0. The molecule has 0 aromatic heterocycles. The number of rotatable bonds is 6. The van der Waals surface area contributed by atoms with Gasteiger partial charge in [0.05, 0.1) is 13.7 Å². The maximum absolute atomic E-state index is 11.7. The summed E-state index contributed by atoms with van der Waals surface area (Å²) in [4.78, 5) is 22.7. The second kappa shape index (κ2) is 8.08. The van der Waals surface area contributed by atoms with Crippen LogP contribution >= 0.6 is 0 Å². The van der Waals surface area contributed by atoms with Crippen LogP contribution in [0.25, 0.3) is 0 Å². The van der Waals surface area contributed by atoms with Crippen molar-refractivity contribution >= 4 is 11.9 Å². The molecule has 18 heavy (non-hydrogen) atoms. The molecule has 0 spiro atoms. The predicted molar refractivity (Wildman–Crippen MR) is 67.0 cm³/mol.